The second kappa shape index (κ2) is 6.14. The summed E-state index contributed by atoms with van der Waals surface area (Å²) in [5.74, 6) is 1.52. The molecule has 1 fully saturated rings. The summed E-state index contributed by atoms with van der Waals surface area (Å²) in [6, 6.07) is 6.68. The van der Waals surface area contributed by atoms with Gasteiger partial charge in [0, 0.05) is 13.1 Å². The van der Waals surface area contributed by atoms with Crippen molar-refractivity contribution in [3.63, 3.8) is 0 Å². The molecule has 1 aromatic carbocycles. The van der Waals surface area contributed by atoms with E-state index in [0.717, 1.165) is 30.9 Å². The van der Waals surface area contributed by atoms with E-state index < -0.39 is 0 Å². The Labute approximate surface area is 126 Å². The molecule has 114 valence electrons. The topological polar surface area (TPSA) is 36.4 Å². The van der Waals surface area contributed by atoms with E-state index >= 15 is 0 Å². The number of benzene rings is 1. The van der Waals surface area contributed by atoms with E-state index in [0.29, 0.717) is 12.5 Å². The van der Waals surface area contributed by atoms with Crippen LogP contribution in [0.1, 0.15) is 38.2 Å². The lowest BCUT2D eigenvalue weighted by Crippen LogP contribution is -2.64. The van der Waals surface area contributed by atoms with Crippen LogP contribution in [0.2, 0.25) is 0 Å². The van der Waals surface area contributed by atoms with Gasteiger partial charge in [-0.25, -0.2) is 4.39 Å². The van der Waals surface area contributed by atoms with Crippen molar-refractivity contribution >= 4 is 5.84 Å². The number of amidine groups is 1. The van der Waals surface area contributed by atoms with E-state index in [9.17, 15) is 4.39 Å². The minimum atomic E-state index is -0.187. The molecule has 21 heavy (non-hydrogen) atoms. The third-order valence-electron chi connectivity index (χ3n) is 4.92. The lowest BCUT2D eigenvalue weighted by Gasteiger charge is -2.46. The Morgan fingerprint density at radius 2 is 2.14 bits per heavy atom. The molecule has 0 saturated heterocycles. The zero-order valence-corrected chi connectivity index (χ0v) is 12.7. The Morgan fingerprint density at radius 1 is 1.33 bits per heavy atom. The summed E-state index contributed by atoms with van der Waals surface area (Å²) in [4.78, 5) is 4.76. The molecule has 1 saturated carbocycles. The molecular formula is C17H24FN3. The Hall–Kier alpha value is -1.42. The van der Waals surface area contributed by atoms with Crippen LogP contribution in [0.5, 0.6) is 0 Å². The highest BCUT2D eigenvalue weighted by Gasteiger charge is 2.43. The van der Waals surface area contributed by atoms with Crippen molar-refractivity contribution in [3.05, 3.63) is 35.6 Å². The molecule has 4 heteroatoms. The predicted molar refractivity (Wildman–Crippen MR) is 83.9 cm³/mol. The molecule has 0 radical (unpaired) electrons. The number of halogens is 1. The molecule has 1 aromatic rings. The molecule has 2 N–H and O–H groups in total. The van der Waals surface area contributed by atoms with Crippen LogP contribution in [0.4, 0.5) is 4.39 Å². The van der Waals surface area contributed by atoms with Crippen molar-refractivity contribution in [1.82, 2.24) is 10.6 Å². The quantitative estimate of drug-likeness (QED) is 0.878. The maximum atomic E-state index is 13.0. The van der Waals surface area contributed by atoms with E-state index in [4.69, 9.17) is 4.99 Å². The third-order valence-corrected chi connectivity index (χ3v) is 4.92. The molecule has 1 spiro atoms. The van der Waals surface area contributed by atoms with Gasteiger partial charge in [0.1, 0.15) is 11.7 Å². The number of hydrogen-bond acceptors (Lipinski definition) is 3. The first-order valence-corrected chi connectivity index (χ1v) is 7.99. The normalized spacial score (nSPS) is 29.2. The Balaban J connectivity index is 1.72. The van der Waals surface area contributed by atoms with Gasteiger partial charge in [-0.1, -0.05) is 31.9 Å². The summed E-state index contributed by atoms with van der Waals surface area (Å²) in [7, 11) is 0. The van der Waals surface area contributed by atoms with Crippen LogP contribution in [0.15, 0.2) is 29.3 Å². The van der Waals surface area contributed by atoms with Crippen LogP contribution >= 0.6 is 0 Å². The van der Waals surface area contributed by atoms with Gasteiger partial charge in [0.05, 0.1) is 12.1 Å². The Bertz CT molecular complexity index is 511. The van der Waals surface area contributed by atoms with Gasteiger partial charge in [-0.3, -0.25) is 4.99 Å². The average Bonchev–Trinajstić information content (AvgIpc) is 2.51. The third kappa shape index (κ3) is 2.95. The smallest absolute Gasteiger partial charge is 0.123 e. The molecule has 1 aliphatic heterocycles. The van der Waals surface area contributed by atoms with Gasteiger partial charge in [-0.15, -0.1) is 0 Å². The lowest BCUT2D eigenvalue weighted by atomic mass is 9.72. The minimum absolute atomic E-state index is 0.0243. The maximum absolute atomic E-state index is 13.0. The van der Waals surface area contributed by atoms with Crippen molar-refractivity contribution in [2.24, 2.45) is 10.9 Å². The molecule has 2 aliphatic rings. The highest BCUT2D eigenvalue weighted by molar-refractivity contribution is 5.92. The summed E-state index contributed by atoms with van der Waals surface area (Å²) in [6.07, 6.45) is 4.98. The first-order chi connectivity index (χ1) is 10.2. The highest BCUT2D eigenvalue weighted by atomic mass is 19.1. The SMILES string of the molecule is C[C@H]1CCCC[C@@]12NCCN=C2NCc1ccc(F)cc1. The van der Waals surface area contributed by atoms with Gasteiger partial charge in [-0.2, -0.15) is 0 Å². The molecular weight excluding hydrogens is 265 g/mol. The first kappa shape index (κ1) is 14.5. The van der Waals surface area contributed by atoms with Gasteiger partial charge in [0.2, 0.25) is 0 Å². The second-order valence-corrected chi connectivity index (χ2v) is 6.26. The van der Waals surface area contributed by atoms with Crippen molar-refractivity contribution in [2.75, 3.05) is 13.1 Å². The van der Waals surface area contributed by atoms with Crippen LogP contribution in [-0.4, -0.2) is 24.5 Å². The summed E-state index contributed by atoms with van der Waals surface area (Å²) < 4.78 is 13.0. The second-order valence-electron chi connectivity index (χ2n) is 6.26. The average molecular weight is 289 g/mol. The molecule has 3 nitrogen and oxygen atoms in total. The standard InChI is InChI=1S/C17H24FN3/c1-13-4-2-3-9-17(13)16(19-10-11-21-17)20-12-14-5-7-15(18)8-6-14/h5-8,13,21H,2-4,9-12H2,1H3,(H,19,20)/t13-,17+/m0/s1. The minimum Gasteiger partial charge on any atom is -0.368 e. The monoisotopic (exact) mass is 289 g/mol. The largest absolute Gasteiger partial charge is 0.368 e. The molecule has 0 unspecified atom stereocenters. The van der Waals surface area contributed by atoms with Crippen molar-refractivity contribution in [3.8, 4) is 0 Å². The first-order valence-electron chi connectivity index (χ1n) is 7.99. The van der Waals surface area contributed by atoms with Gasteiger partial charge in [-0.05, 0) is 36.5 Å². The van der Waals surface area contributed by atoms with Crippen molar-refractivity contribution < 1.29 is 4.39 Å². The van der Waals surface area contributed by atoms with Crippen LogP contribution in [0, 0.1) is 11.7 Å². The van der Waals surface area contributed by atoms with Crippen molar-refractivity contribution in [2.45, 2.75) is 44.7 Å². The van der Waals surface area contributed by atoms with Crippen LogP contribution in [-0.2, 0) is 6.54 Å². The Morgan fingerprint density at radius 3 is 2.90 bits per heavy atom. The van der Waals surface area contributed by atoms with Gasteiger partial charge in [0.25, 0.3) is 0 Å². The molecule has 2 atom stereocenters. The zero-order chi connectivity index (χ0) is 14.7. The lowest BCUT2D eigenvalue weighted by molar-refractivity contribution is 0.215. The number of hydrogen-bond donors (Lipinski definition) is 2. The van der Waals surface area contributed by atoms with E-state index in [2.05, 4.69) is 17.6 Å². The number of aliphatic imine (C=N–C) groups is 1. The molecule has 0 amide bonds. The number of nitrogens with zero attached hydrogens (tertiary/aromatic N) is 1. The summed E-state index contributed by atoms with van der Waals surface area (Å²) in [5.41, 5.74) is 1.11. The van der Waals surface area contributed by atoms with Crippen LogP contribution in [0.3, 0.4) is 0 Å². The molecule has 3 rings (SSSR count). The zero-order valence-electron chi connectivity index (χ0n) is 12.7. The van der Waals surface area contributed by atoms with Gasteiger partial charge < -0.3 is 10.6 Å². The van der Waals surface area contributed by atoms with Crippen LogP contribution in [0.25, 0.3) is 0 Å². The molecule has 1 heterocycles. The summed E-state index contributed by atoms with van der Waals surface area (Å²) >= 11 is 0. The number of rotatable bonds is 2. The van der Waals surface area contributed by atoms with E-state index in [-0.39, 0.29) is 11.4 Å². The van der Waals surface area contributed by atoms with E-state index in [1.807, 2.05) is 12.1 Å². The van der Waals surface area contributed by atoms with Crippen LogP contribution < -0.4 is 10.6 Å². The fourth-order valence-corrected chi connectivity index (χ4v) is 3.63. The van der Waals surface area contributed by atoms with Gasteiger partial charge >= 0.3 is 0 Å². The van der Waals surface area contributed by atoms with E-state index in [1.165, 1.54) is 31.4 Å². The summed E-state index contributed by atoms with van der Waals surface area (Å²) in [5, 5.41) is 7.24. The highest BCUT2D eigenvalue weighted by Crippen LogP contribution is 2.35. The maximum Gasteiger partial charge on any atom is 0.123 e. The Kier molecular flexibility index (Phi) is 4.24. The fourth-order valence-electron chi connectivity index (χ4n) is 3.63. The van der Waals surface area contributed by atoms with E-state index in [1.54, 1.807) is 0 Å². The number of nitrogens with one attached hydrogen (secondary N) is 2. The summed E-state index contributed by atoms with van der Waals surface area (Å²) in [6.45, 7) is 4.83. The van der Waals surface area contributed by atoms with Crippen molar-refractivity contribution in [1.29, 1.82) is 0 Å². The molecule has 0 aromatic heterocycles. The fraction of sp³-hybridized carbons (Fsp3) is 0.588. The predicted octanol–water partition coefficient (Wildman–Crippen LogP) is 2.87. The van der Waals surface area contributed by atoms with Gasteiger partial charge in [0.15, 0.2) is 0 Å². The molecule has 1 aliphatic carbocycles. The molecule has 0 bridgehead atoms.